The number of alkyl halides is 3. The first-order valence-corrected chi connectivity index (χ1v) is 8.88. The summed E-state index contributed by atoms with van der Waals surface area (Å²) in [5.41, 5.74) is 1.02. The zero-order valence-electron chi connectivity index (χ0n) is 14.3. The van der Waals surface area contributed by atoms with E-state index >= 15 is 0 Å². The zero-order valence-corrected chi connectivity index (χ0v) is 15.0. The van der Waals surface area contributed by atoms with Gasteiger partial charge in [-0.25, -0.2) is 5.01 Å². The third-order valence-corrected chi connectivity index (χ3v) is 5.25. The fraction of sp³-hybridized carbons (Fsp3) is 0.500. The van der Waals surface area contributed by atoms with E-state index < -0.39 is 24.2 Å². The SMILES string of the molecule is Cc1ccc(C(=O)N2NC(=C3CCCCC3)C[C@]2(O)C(F)(F)F)c(Cl)c1. The molecule has 1 aromatic carbocycles. The summed E-state index contributed by atoms with van der Waals surface area (Å²) in [6.07, 6.45) is -1.55. The molecule has 0 spiro atoms. The largest absolute Gasteiger partial charge is 0.438 e. The molecule has 4 nitrogen and oxygen atoms in total. The van der Waals surface area contributed by atoms with Crippen LogP contribution in [0.3, 0.4) is 0 Å². The fourth-order valence-corrected chi connectivity index (χ4v) is 3.75. The van der Waals surface area contributed by atoms with Crippen molar-refractivity contribution in [2.75, 3.05) is 0 Å². The lowest BCUT2D eigenvalue weighted by molar-refractivity contribution is -0.299. The van der Waals surface area contributed by atoms with Crippen LogP contribution in [-0.2, 0) is 0 Å². The topological polar surface area (TPSA) is 52.6 Å². The van der Waals surface area contributed by atoms with E-state index in [1.165, 1.54) is 12.1 Å². The summed E-state index contributed by atoms with van der Waals surface area (Å²) in [4.78, 5) is 12.8. The van der Waals surface area contributed by atoms with Crippen molar-refractivity contribution < 1.29 is 23.1 Å². The highest BCUT2D eigenvalue weighted by Crippen LogP contribution is 2.44. The molecular weight excluding hydrogens is 369 g/mol. The van der Waals surface area contributed by atoms with Crippen LogP contribution < -0.4 is 5.43 Å². The predicted octanol–water partition coefficient (Wildman–Crippen LogP) is 4.47. The number of aliphatic hydroxyl groups is 1. The molecule has 0 unspecified atom stereocenters. The van der Waals surface area contributed by atoms with Crippen molar-refractivity contribution in [2.45, 2.75) is 57.3 Å². The Labute approximate surface area is 154 Å². The summed E-state index contributed by atoms with van der Waals surface area (Å²) >= 11 is 6.05. The van der Waals surface area contributed by atoms with Crippen molar-refractivity contribution in [1.82, 2.24) is 10.4 Å². The molecule has 3 rings (SSSR count). The number of allylic oxidation sites excluding steroid dienone is 1. The normalized spacial score (nSPS) is 24.0. The van der Waals surface area contributed by atoms with Crippen LogP contribution in [0.25, 0.3) is 0 Å². The molecule has 2 aliphatic rings. The number of halogens is 4. The molecule has 0 aromatic heterocycles. The Morgan fingerprint density at radius 2 is 1.92 bits per heavy atom. The van der Waals surface area contributed by atoms with Gasteiger partial charge in [0.05, 0.1) is 10.6 Å². The minimum atomic E-state index is -5.01. The molecule has 1 aliphatic carbocycles. The molecule has 142 valence electrons. The minimum absolute atomic E-state index is 0.0418. The van der Waals surface area contributed by atoms with Gasteiger partial charge in [-0.1, -0.05) is 24.1 Å². The average molecular weight is 389 g/mol. The van der Waals surface area contributed by atoms with Gasteiger partial charge in [0.25, 0.3) is 11.6 Å². The molecular formula is C18H20ClF3N2O2. The summed E-state index contributed by atoms with van der Waals surface area (Å²) in [6, 6.07) is 4.45. The molecule has 1 heterocycles. The van der Waals surface area contributed by atoms with Gasteiger partial charge in [-0.15, -0.1) is 0 Å². The van der Waals surface area contributed by atoms with Crippen LogP contribution in [-0.4, -0.2) is 27.9 Å². The van der Waals surface area contributed by atoms with E-state index in [-0.39, 0.29) is 21.3 Å². The number of rotatable bonds is 1. The van der Waals surface area contributed by atoms with Crippen LogP contribution in [0.1, 0.15) is 54.4 Å². The molecule has 1 saturated carbocycles. The van der Waals surface area contributed by atoms with Gasteiger partial charge >= 0.3 is 6.18 Å². The monoisotopic (exact) mass is 388 g/mol. The van der Waals surface area contributed by atoms with E-state index in [9.17, 15) is 23.1 Å². The van der Waals surface area contributed by atoms with Gasteiger partial charge in [-0.2, -0.15) is 13.2 Å². The Balaban J connectivity index is 2.00. The van der Waals surface area contributed by atoms with E-state index in [4.69, 9.17) is 11.6 Å². The van der Waals surface area contributed by atoms with Gasteiger partial charge in [0.15, 0.2) is 0 Å². The molecule has 1 aromatic rings. The second kappa shape index (κ2) is 6.78. The van der Waals surface area contributed by atoms with E-state index in [1.54, 1.807) is 13.0 Å². The highest BCUT2D eigenvalue weighted by molar-refractivity contribution is 6.33. The summed E-state index contributed by atoms with van der Waals surface area (Å²) in [5, 5.41) is 10.7. The summed E-state index contributed by atoms with van der Waals surface area (Å²) < 4.78 is 40.9. The number of aryl methyl sites for hydroxylation is 1. The maximum Gasteiger partial charge on any atom is 0.438 e. The number of carbonyl (C=O) groups is 1. The number of benzene rings is 1. The molecule has 0 bridgehead atoms. The lowest BCUT2D eigenvalue weighted by atomic mass is 9.91. The van der Waals surface area contributed by atoms with Gasteiger partial charge in [0.1, 0.15) is 0 Å². The number of carbonyl (C=O) groups excluding carboxylic acids is 1. The Morgan fingerprint density at radius 1 is 1.27 bits per heavy atom. The van der Waals surface area contributed by atoms with E-state index in [0.717, 1.165) is 30.4 Å². The van der Waals surface area contributed by atoms with Gasteiger partial charge in [0.2, 0.25) is 0 Å². The van der Waals surface area contributed by atoms with Crippen molar-refractivity contribution in [3.8, 4) is 0 Å². The molecule has 26 heavy (non-hydrogen) atoms. The number of hydrazine groups is 1. The van der Waals surface area contributed by atoms with Gasteiger partial charge < -0.3 is 5.11 Å². The van der Waals surface area contributed by atoms with Gasteiger partial charge in [0, 0.05) is 12.1 Å². The number of nitrogens with zero attached hydrogens (tertiary/aromatic N) is 1. The average Bonchev–Trinajstić information content (AvgIpc) is 2.94. The van der Waals surface area contributed by atoms with Crippen LogP contribution in [0.5, 0.6) is 0 Å². The van der Waals surface area contributed by atoms with Crippen molar-refractivity contribution in [1.29, 1.82) is 0 Å². The molecule has 1 saturated heterocycles. The summed E-state index contributed by atoms with van der Waals surface area (Å²) in [6.45, 7) is 1.76. The first-order valence-electron chi connectivity index (χ1n) is 8.51. The summed E-state index contributed by atoms with van der Waals surface area (Å²) in [5.74, 6) is -1.01. The second-order valence-electron chi connectivity index (χ2n) is 6.87. The van der Waals surface area contributed by atoms with Crippen LogP contribution >= 0.6 is 11.6 Å². The molecule has 2 N–H and O–H groups in total. The minimum Gasteiger partial charge on any atom is -0.362 e. The highest BCUT2D eigenvalue weighted by Gasteiger charge is 2.63. The fourth-order valence-electron chi connectivity index (χ4n) is 3.44. The van der Waals surface area contributed by atoms with Gasteiger partial charge in [-0.05, 0) is 55.9 Å². The van der Waals surface area contributed by atoms with Gasteiger partial charge in [-0.3, -0.25) is 10.2 Å². The second-order valence-corrected chi connectivity index (χ2v) is 7.28. The smallest absolute Gasteiger partial charge is 0.362 e. The summed E-state index contributed by atoms with van der Waals surface area (Å²) in [7, 11) is 0. The maximum atomic E-state index is 13.6. The van der Waals surface area contributed by atoms with Crippen LogP contribution in [0.2, 0.25) is 5.02 Å². The quantitative estimate of drug-likeness (QED) is 0.746. The molecule has 1 aliphatic heterocycles. The highest BCUT2D eigenvalue weighted by atomic mass is 35.5. The van der Waals surface area contributed by atoms with E-state index in [1.807, 2.05) is 0 Å². The van der Waals surface area contributed by atoms with E-state index in [2.05, 4.69) is 5.43 Å². The third-order valence-electron chi connectivity index (χ3n) is 4.94. The van der Waals surface area contributed by atoms with Crippen LogP contribution in [0.15, 0.2) is 29.5 Å². The van der Waals surface area contributed by atoms with Crippen molar-refractivity contribution in [2.24, 2.45) is 0 Å². The molecule has 2 fully saturated rings. The van der Waals surface area contributed by atoms with E-state index in [0.29, 0.717) is 12.8 Å². The van der Waals surface area contributed by atoms with Crippen LogP contribution in [0.4, 0.5) is 13.2 Å². The molecule has 1 amide bonds. The number of nitrogens with one attached hydrogen (secondary N) is 1. The Kier molecular flexibility index (Phi) is 4.96. The maximum absolute atomic E-state index is 13.6. The lowest BCUT2D eigenvalue weighted by Crippen LogP contribution is -2.60. The Hall–Kier alpha value is -1.73. The molecule has 0 radical (unpaired) electrons. The standard InChI is InChI=1S/C18H20ClF3N2O2/c1-11-7-8-13(14(19)9-11)16(25)24-17(26,18(20,21)22)10-15(23-24)12-5-3-2-4-6-12/h7-9,23,26H,2-6,10H2,1H3/t17-/m0/s1. The number of hydrogen-bond donors (Lipinski definition) is 2. The number of hydrogen-bond acceptors (Lipinski definition) is 3. The molecule has 1 atom stereocenters. The Bertz CT molecular complexity index is 755. The first kappa shape index (κ1) is 19.0. The first-order chi connectivity index (χ1) is 12.1. The Morgan fingerprint density at radius 3 is 2.50 bits per heavy atom. The lowest BCUT2D eigenvalue weighted by Gasteiger charge is -2.33. The van der Waals surface area contributed by atoms with Crippen molar-refractivity contribution in [3.63, 3.8) is 0 Å². The molecule has 8 heteroatoms. The number of amides is 1. The predicted molar refractivity (Wildman–Crippen MR) is 91.2 cm³/mol. The third kappa shape index (κ3) is 3.30. The van der Waals surface area contributed by atoms with Crippen LogP contribution in [0, 0.1) is 6.92 Å². The van der Waals surface area contributed by atoms with Crippen molar-refractivity contribution in [3.05, 3.63) is 45.6 Å². The zero-order chi connectivity index (χ0) is 19.1. The van der Waals surface area contributed by atoms with Crippen molar-refractivity contribution >= 4 is 17.5 Å².